The molecule has 1 aromatic rings. The molecular weight excluding hydrogens is 222 g/mol. The summed E-state index contributed by atoms with van der Waals surface area (Å²) in [6.45, 7) is 15.4. The lowest BCUT2D eigenvalue weighted by atomic mass is 9.95. The van der Waals surface area contributed by atoms with Crippen LogP contribution in [0.1, 0.15) is 84.8 Å². The minimum atomic E-state index is 0.0303. The summed E-state index contributed by atoms with van der Waals surface area (Å²) in [5.74, 6) is 2.40. The van der Waals surface area contributed by atoms with Crippen molar-refractivity contribution >= 4 is 5.82 Å². The van der Waals surface area contributed by atoms with E-state index in [9.17, 15) is 0 Å². The van der Waals surface area contributed by atoms with Gasteiger partial charge < -0.3 is 10.3 Å². The SMILES string of the molecule is CCCC(C)c1nc(C(C)(C)C)n(C(C)C)c1N. The van der Waals surface area contributed by atoms with E-state index < -0.39 is 0 Å². The van der Waals surface area contributed by atoms with Gasteiger partial charge in [-0.3, -0.25) is 0 Å². The first-order valence-electron chi connectivity index (χ1n) is 7.08. The van der Waals surface area contributed by atoms with Crippen LogP contribution in [0.3, 0.4) is 0 Å². The average molecular weight is 251 g/mol. The zero-order chi connectivity index (χ0) is 14.1. The molecule has 0 radical (unpaired) electrons. The number of aromatic nitrogens is 2. The third-order valence-electron chi connectivity index (χ3n) is 3.35. The molecule has 1 heterocycles. The summed E-state index contributed by atoms with van der Waals surface area (Å²) in [4.78, 5) is 4.86. The van der Waals surface area contributed by atoms with Crippen LogP contribution < -0.4 is 5.73 Å². The van der Waals surface area contributed by atoms with Gasteiger partial charge in [0, 0.05) is 17.4 Å². The Hall–Kier alpha value is -0.990. The summed E-state index contributed by atoms with van der Waals surface area (Å²) in [7, 11) is 0. The van der Waals surface area contributed by atoms with Crippen LogP contribution in [0.25, 0.3) is 0 Å². The van der Waals surface area contributed by atoms with Crippen LogP contribution in [0.4, 0.5) is 5.82 Å². The Morgan fingerprint density at radius 2 is 1.78 bits per heavy atom. The van der Waals surface area contributed by atoms with Crippen LogP contribution >= 0.6 is 0 Å². The van der Waals surface area contributed by atoms with Crippen LogP contribution in [0.2, 0.25) is 0 Å². The van der Waals surface area contributed by atoms with E-state index >= 15 is 0 Å². The third kappa shape index (κ3) is 2.88. The first-order chi connectivity index (χ1) is 8.20. The molecule has 0 amide bonds. The lowest BCUT2D eigenvalue weighted by Gasteiger charge is -2.22. The average Bonchev–Trinajstić information content (AvgIpc) is 2.55. The topological polar surface area (TPSA) is 43.8 Å². The molecule has 0 saturated heterocycles. The largest absolute Gasteiger partial charge is 0.384 e. The molecule has 3 nitrogen and oxygen atoms in total. The molecule has 0 fully saturated rings. The maximum atomic E-state index is 6.33. The molecule has 0 aliphatic carbocycles. The summed E-state index contributed by atoms with van der Waals surface area (Å²) in [6.07, 6.45) is 2.31. The predicted octanol–water partition coefficient (Wildman–Crippen LogP) is 4.25. The van der Waals surface area contributed by atoms with Crippen molar-refractivity contribution in [2.75, 3.05) is 5.73 Å². The van der Waals surface area contributed by atoms with Crippen molar-refractivity contribution in [1.82, 2.24) is 9.55 Å². The first-order valence-corrected chi connectivity index (χ1v) is 7.08. The van der Waals surface area contributed by atoms with Gasteiger partial charge in [-0.25, -0.2) is 4.98 Å². The Morgan fingerprint density at radius 3 is 2.11 bits per heavy atom. The van der Waals surface area contributed by atoms with Crippen molar-refractivity contribution in [3.05, 3.63) is 11.5 Å². The van der Waals surface area contributed by atoms with Crippen LogP contribution in [-0.4, -0.2) is 9.55 Å². The van der Waals surface area contributed by atoms with E-state index in [1.165, 1.54) is 6.42 Å². The van der Waals surface area contributed by atoms with Gasteiger partial charge in [0.05, 0.1) is 5.69 Å². The molecule has 0 bridgehead atoms. The van der Waals surface area contributed by atoms with Gasteiger partial charge in [-0.1, -0.05) is 41.0 Å². The van der Waals surface area contributed by atoms with Crippen molar-refractivity contribution in [2.45, 2.75) is 78.7 Å². The van der Waals surface area contributed by atoms with Crippen LogP contribution in [0, 0.1) is 0 Å². The standard InChI is InChI=1S/C15H29N3/c1-8-9-11(4)12-13(16)18(10(2)3)14(17-12)15(5,6)7/h10-11H,8-9,16H2,1-7H3. The van der Waals surface area contributed by atoms with Gasteiger partial charge in [0.25, 0.3) is 0 Å². The van der Waals surface area contributed by atoms with E-state index in [1.54, 1.807) is 0 Å². The monoisotopic (exact) mass is 251 g/mol. The molecule has 0 aliphatic heterocycles. The normalized spacial score (nSPS) is 14.2. The molecule has 0 saturated carbocycles. The van der Waals surface area contributed by atoms with Gasteiger partial charge >= 0.3 is 0 Å². The zero-order valence-electron chi connectivity index (χ0n) is 13.0. The highest BCUT2D eigenvalue weighted by atomic mass is 15.2. The highest BCUT2D eigenvalue weighted by molar-refractivity contribution is 5.42. The second-order valence-electron chi connectivity index (χ2n) is 6.61. The molecule has 0 aromatic carbocycles. The molecule has 3 heteroatoms. The van der Waals surface area contributed by atoms with Crippen molar-refractivity contribution in [1.29, 1.82) is 0 Å². The molecule has 0 spiro atoms. The minimum Gasteiger partial charge on any atom is -0.384 e. The van der Waals surface area contributed by atoms with Crippen molar-refractivity contribution in [3.8, 4) is 0 Å². The molecule has 1 unspecified atom stereocenters. The molecule has 1 aromatic heterocycles. The number of nitrogens with zero attached hydrogens (tertiary/aromatic N) is 2. The highest BCUT2D eigenvalue weighted by Gasteiger charge is 2.27. The maximum absolute atomic E-state index is 6.33. The molecule has 2 N–H and O–H groups in total. The maximum Gasteiger partial charge on any atom is 0.127 e. The van der Waals surface area contributed by atoms with E-state index in [0.717, 1.165) is 23.8 Å². The number of rotatable bonds is 4. The van der Waals surface area contributed by atoms with Gasteiger partial charge in [-0.2, -0.15) is 0 Å². The van der Waals surface area contributed by atoms with Crippen molar-refractivity contribution in [3.63, 3.8) is 0 Å². The Kier molecular flexibility index (Phi) is 4.46. The summed E-state index contributed by atoms with van der Waals surface area (Å²) < 4.78 is 2.20. The van der Waals surface area contributed by atoms with E-state index in [4.69, 9.17) is 10.7 Å². The van der Waals surface area contributed by atoms with E-state index in [2.05, 4.69) is 53.0 Å². The zero-order valence-corrected chi connectivity index (χ0v) is 13.0. The quantitative estimate of drug-likeness (QED) is 0.869. The summed E-state index contributed by atoms with van der Waals surface area (Å²) in [5.41, 5.74) is 7.44. The first kappa shape index (κ1) is 15.1. The van der Waals surface area contributed by atoms with E-state index in [1.807, 2.05) is 0 Å². The Bertz CT molecular complexity index is 397. The second-order valence-corrected chi connectivity index (χ2v) is 6.61. The lowest BCUT2D eigenvalue weighted by molar-refractivity contribution is 0.472. The van der Waals surface area contributed by atoms with Crippen LogP contribution in [-0.2, 0) is 5.41 Å². The Balaban J connectivity index is 3.32. The van der Waals surface area contributed by atoms with Crippen LogP contribution in [0.15, 0.2) is 0 Å². The number of imidazole rings is 1. The van der Waals surface area contributed by atoms with Crippen LogP contribution in [0.5, 0.6) is 0 Å². The van der Waals surface area contributed by atoms with Gasteiger partial charge in [0.15, 0.2) is 0 Å². The Labute approximate surface area is 112 Å². The van der Waals surface area contributed by atoms with Crippen molar-refractivity contribution in [2.24, 2.45) is 0 Å². The molecule has 1 rings (SSSR count). The fraction of sp³-hybridized carbons (Fsp3) is 0.800. The number of anilines is 1. The van der Waals surface area contributed by atoms with Crippen molar-refractivity contribution < 1.29 is 0 Å². The molecule has 1 atom stereocenters. The molecule has 0 aliphatic rings. The van der Waals surface area contributed by atoms with Gasteiger partial charge in [0.2, 0.25) is 0 Å². The second kappa shape index (κ2) is 5.33. The summed E-state index contributed by atoms with van der Waals surface area (Å²) in [6, 6.07) is 0.356. The molecule has 104 valence electrons. The third-order valence-corrected chi connectivity index (χ3v) is 3.35. The van der Waals surface area contributed by atoms with Gasteiger partial charge in [-0.15, -0.1) is 0 Å². The highest BCUT2D eigenvalue weighted by Crippen LogP contribution is 2.33. The molecular formula is C15H29N3. The number of hydrogen-bond donors (Lipinski definition) is 1. The van der Waals surface area contributed by atoms with Gasteiger partial charge in [-0.05, 0) is 20.3 Å². The fourth-order valence-corrected chi connectivity index (χ4v) is 2.45. The number of nitrogens with two attached hydrogens (primary N) is 1. The summed E-state index contributed by atoms with van der Waals surface area (Å²) in [5, 5.41) is 0. The Morgan fingerprint density at radius 1 is 1.22 bits per heavy atom. The minimum absolute atomic E-state index is 0.0303. The number of nitrogen functional groups attached to an aromatic ring is 1. The molecule has 18 heavy (non-hydrogen) atoms. The van der Waals surface area contributed by atoms with E-state index in [0.29, 0.717) is 12.0 Å². The van der Waals surface area contributed by atoms with Gasteiger partial charge in [0.1, 0.15) is 11.6 Å². The summed E-state index contributed by atoms with van der Waals surface area (Å²) >= 11 is 0. The predicted molar refractivity (Wildman–Crippen MR) is 79.0 cm³/mol. The smallest absolute Gasteiger partial charge is 0.127 e. The van der Waals surface area contributed by atoms with E-state index in [-0.39, 0.29) is 5.41 Å². The number of hydrogen-bond acceptors (Lipinski definition) is 2. The lowest BCUT2D eigenvalue weighted by Crippen LogP contribution is -2.21. The fourth-order valence-electron chi connectivity index (χ4n) is 2.45.